The van der Waals surface area contributed by atoms with Gasteiger partial charge in [0.25, 0.3) is 5.91 Å². The van der Waals surface area contributed by atoms with E-state index in [1.807, 2.05) is 24.8 Å². The second-order valence-corrected chi connectivity index (χ2v) is 9.13. The van der Waals surface area contributed by atoms with Crippen molar-refractivity contribution in [3.63, 3.8) is 0 Å². The molecule has 0 saturated carbocycles. The van der Waals surface area contributed by atoms with Crippen LogP contribution in [0.15, 0.2) is 36.7 Å². The molecule has 0 unspecified atom stereocenters. The zero-order chi connectivity index (χ0) is 20.8. The summed E-state index contributed by atoms with van der Waals surface area (Å²) < 4.78 is 13.9. The monoisotopic (exact) mass is 396 g/mol. The van der Waals surface area contributed by atoms with Crippen molar-refractivity contribution in [2.45, 2.75) is 70.5 Å². The molecule has 5 nitrogen and oxygen atoms in total. The molecule has 0 spiro atoms. The van der Waals surface area contributed by atoms with E-state index in [-0.39, 0.29) is 35.3 Å². The van der Waals surface area contributed by atoms with E-state index in [1.165, 1.54) is 6.07 Å². The van der Waals surface area contributed by atoms with E-state index in [0.717, 1.165) is 37.3 Å². The fourth-order valence-corrected chi connectivity index (χ4v) is 4.97. The number of nitrogens with zero attached hydrogens (tertiary/aromatic N) is 4. The number of amides is 1. The van der Waals surface area contributed by atoms with Crippen molar-refractivity contribution in [1.29, 1.82) is 0 Å². The van der Waals surface area contributed by atoms with Gasteiger partial charge in [0.05, 0.1) is 17.6 Å². The molecule has 154 valence electrons. The van der Waals surface area contributed by atoms with Crippen molar-refractivity contribution in [2.24, 2.45) is 0 Å². The van der Waals surface area contributed by atoms with Crippen LogP contribution >= 0.6 is 0 Å². The quantitative estimate of drug-likeness (QED) is 0.772. The van der Waals surface area contributed by atoms with Gasteiger partial charge < -0.3 is 9.80 Å². The highest BCUT2D eigenvalue weighted by Crippen LogP contribution is 2.44. The highest BCUT2D eigenvalue weighted by atomic mass is 19.1. The maximum atomic E-state index is 13.9. The number of anilines is 1. The predicted molar refractivity (Wildman–Crippen MR) is 112 cm³/mol. The van der Waals surface area contributed by atoms with Crippen LogP contribution in [0.1, 0.15) is 69.1 Å². The van der Waals surface area contributed by atoms with Crippen LogP contribution in [0.3, 0.4) is 0 Å². The van der Waals surface area contributed by atoms with Gasteiger partial charge in [-0.1, -0.05) is 19.9 Å². The van der Waals surface area contributed by atoms with Crippen molar-refractivity contribution in [3.05, 3.63) is 53.9 Å². The van der Waals surface area contributed by atoms with Gasteiger partial charge in [-0.05, 0) is 51.3 Å². The van der Waals surface area contributed by atoms with Gasteiger partial charge >= 0.3 is 0 Å². The van der Waals surface area contributed by atoms with Crippen LogP contribution in [0.25, 0.3) is 0 Å². The van der Waals surface area contributed by atoms with E-state index in [0.29, 0.717) is 5.56 Å². The first-order valence-electron chi connectivity index (χ1n) is 10.5. The molecule has 2 atom stereocenters. The van der Waals surface area contributed by atoms with E-state index in [2.05, 4.69) is 28.7 Å². The number of fused-ring (bicyclic) bond motifs is 1. The van der Waals surface area contributed by atoms with Crippen LogP contribution in [0.4, 0.5) is 10.1 Å². The molecule has 1 aromatic heterocycles. The van der Waals surface area contributed by atoms with Crippen molar-refractivity contribution >= 4 is 11.6 Å². The first-order chi connectivity index (χ1) is 13.8. The number of rotatable bonds is 3. The number of aromatic nitrogens is 2. The third-order valence-corrected chi connectivity index (χ3v) is 6.22. The smallest absolute Gasteiger partial charge is 0.257 e. The van der Waals surface area contributed by atoms with E-state index < -0.39 is 0 Å². The third-order valence-electron chi connectivity index (χ3n) is 6.22. The summed E-state index contributed by atoms with van der Waals surface area (Å²) in [5.41, 5.74) is 1.27. The molecule has 4 rings (SSSR count). The number of carbonyl (C=O) groups excluding carboxylic acids is 1. The lowest BCUT2D eigenvalue weighted by atomic mass is 9.93. The van der Waals surface area contributed by atoms with Crippen molar-refractivity contribution < 1.29 is 9.18 Å². The fourth-order valence-electron chi connectivity index (χ4n) is 4.97. The number of hydrogen-bond acceptors (Lipinski definition) is 4. The first-order valence-corrected chi connectivity index (χ1v) is 10.5. The van der Waals surface area contributed by atoms with Gasteiger partial charge in [-0.25, -0.2) is 14.4 Å². The largest absolute Gasteiger partial charge is 0.361 e. The van der Waals surface area contributed by atoms with Gasteiger partial charge in [-0.2, -0.15) is 0 Å². The minimum atomic E-state index is -0.229. The molecule has 2 fully saturated rings. The van der Waals surface area contributed by atoms with Crippen molar-refractivity contribution in [2.75, 3.05) is 11.4 Å². The Balaban J connectivity index is 1.62. The van der Waals surface area contributed by atoms with Crippen LogP contribution in [-0.4, -0.2) is 44.9 Å². The number of carbonyl (C=O) groups is 1. The topological polar surface area (TPSA) is 49.3 Å². The first kappa shape index (κ1) is 19.8. The van der Waals surface area contributed by atoms with Gasteiger partial charge in [0.2, 0.25) is 0 Å². The Hall–Kier alpha value is -2.50. The highest BCUT2D eigenvalue weighted by molar-refractivity contribution is 5.94. The molecule has 3 heterocycles. The van der Waals surface area contributed by atoms with Crippen LogP contribution < -0.4 is 4.90 Å². The van der Waals surface area contributed by atoms with Crippen LogP contribution in [-0.2, 0) is 0 Å². The average molecular weight is 397 g/mol. The lowest BCUT2D eigenvalue weighted by Gasteiger charge is -2.42. The van der Waals surface area contributed by atoms with Gasteiger partial charge in [0.1, 0.15) is 11.6 Å². The van der Waals surface area contributed by atoms with Crippen LogP contribution in [0.2, 0.25) is 0 Å². The Morgan fingerprint density at radius 3 is 2.59 bits per heavy atom. The second-order valence-electron chi connectivity index (χ2n) is 9.13. The summed E-state index contributed by atoms with van der Waals surface area (Å²) in [4.78, 5) is 26.3. The van der Waals surface area contributed by atoms with Gasteiger partial charge in [0, 0.05) is 36.1 Å². The Kier molecular flexibility index (Phi) is 5.05. The molecule has 6 heteroatoms. The Morgan fingerprint density at radius 2 is 1.93 bits per heavy atom. The van der Waals surface area contributed by atoms with E-state index in [4.69, 9.17) is 0 Å². The number of piperidine rings is 1. The maximum absolute atomic E-state index is 13.9. The lowest BCUT2D eigenvalue weighted by Crippen LogP contribution is -2.53. The molecule has 2 aromatic rings. The molecule has 0 radical (unpaired) electrons. The van der Waals surface area contributed by atoms with Crippen molar-refractivity contribution in [3.8, 4) is 0 Å². The summed E-state index contributed by atoms with van der Waals surface area (Å²) in [6, 6.07) is 7.07. The Labute approximate surface area is 172 Å². The molecule has 0 bridgehead atoms. The Morgan fingerprint density at radius 1 is 1.21 bits per heavy atom. The summed E-state index contributed by atoms with van der Waals surface area (Å²) in [7, 11) is 0. The summed E-state index contributed by atoms with van der Waals surface area (Å²) in [6.45, 7) is 9.17. The summed E-state index contributed by atoms with van der Waals surface area (Å²) >= 11 is 0. The molecule has 2 aliphatic heterocycles. The molecule has 0 aliphatic carbocycles. The number of likely N-dealkylation sites (tertiary alicyclic amines) is 1. The molecule has 0 N–H and O–H groups in total. The molecule has 1 amide bonds. The summed E-state index contributed by atoms with van der Waals surface area (Å²) in [5, 5.41) is 0. The second kappa shape index (κ2) is 7.39. The third kappa shape index (κ3) is 3.61. The minimum absolute atomic E-state index is 0.00750. The van der Waals surface area contributed by atoms with Gasteiger partial charge in [-0.3, -0.25) is 4.79 Å². The molecular formula is C23H29FN4O. The maximum Gasteiger partial charge on any atom is 0.257 e. The molecular weight excluding hydrogens is 367 g/mol. The molecule has 2 aliphatic rings. The fraction of sp³-hybridized carbons (Fsp3) is 0.522. The van der Waals surface area contributed by atoms with E-state index in [9.17, 15) is 9.18 Å². The molecule has 2 saturated heterocycles. The number of hydrogen-bond donors (Lipinski definition) is 0. The number of benzene rings is 1. The normalized spacial score (nSPS) is 23.4. The van der Waals surface area contributed by atoms with Crippen molar-refractivity contribution in [1.82, 2.24) is 14.9 Å². The van der Waals surface area contributed by atoms with E-state index in [1.54, 1.807) is 24.5 Å². The average Bonchev–Trinajstić information content (AvgIpc) is 2.97. The minimum Gasteiger partial charge on any atom is -0.361 e. The molecule has 1 aromatic carbocycles. The summed E-state index contributed by atoms with van der Waals surface area (Å²) in [5.74, 6) is 0.742. The van der Waals surface area contributed by atoms with Crippen LogP contribution in [0.5, 0.6) is 0 Å². The van der Waals surface area contributed by atoms with Crippen LogP contribution in [0, 0.1) is 5.82 Å². The zero-order valence-electron chi connectivity index (χ0n) is 17.6. The van der Waals surface area contributed by atoms with E-state index >= 15 is 0 Å². The number of halogens is 1. The SMILES string of the molecule is CC(C)c1ncc(C(=O)N2CCC[C@H]3[C@@H]2CC(C)(C)N3c2cccc(F)c2)cn1. The standard InChI is InChI=1S/C23H29FN4O/c1-15(2)21-25-13-16(14-26-21)22(29)27-10-6-9-19-20(27)12-23(3,4)28(19)18-8-5-7-17(24)11-18/h5,7-8,11,13-15,19-20H,6,9-10,12H2,1-4H3/t19-,20-/m0/s1. The lowest BCUT2D eigenvalue weighted by molar-refractivity contribution is 0.0604. The summed E-state index contributed by atoms with van der Waals surface area (Å²) in [6.07, 6.45) is 6.08. The Bertz CT molecular complexity index is 896. The predicted octanol–water partition coefficient (Wildman–Crippen LogP) is 4.40. The van der Waals surface area contributed by atoms with Gasteiger partial charge in [0.15, 0.2) is 0 Å². The highest BCUT2D eigenvalue weighted by Gasteiger charge is 2.50. The molecule has 29 heavy (non-hydrogen) atoms. The zero-order valence-corrected chi connectivity index (χ0v) is 17.6. The van der Waals surface area contributed by atoms with Gasteiger partial charge in [-0.15, -0.1) is 0 Å².